The van der Waals surface area contributed by atoms with Crippen molar-refractivity contribution in [3.05, 3.63) is 0 Å². The lowest BCUT2D eigenvalue weighted by Gasteiger charge is -2.26. The Morgan fingerprint density at radius 2 is 1.42 bits per heavy atom. The van der Waals surface area contributed by atoms with Gasteiger partial charge in [-0.2, -0.15) is 4.31 Å². The number of piperazine rings is 1. The zero-order valence-corrected chi connectivity index (χ0v) is 13.2. The molecule has 0 aromatic heterocycles. The lowest BCUT2D eigenvalue weighted by molar-refractivity contribution is 0.359. The number of nitrogens with one attached hydrogen (secondary N) is 1. The highest BCUT2D eigenvalue weighted by molar-refractivity contribution is 7.89. The van der Waals surface area contributed by atoms with Crippen molar-refractivity contribution in [1.29, 1.82) is 0 Å². The number of unbranched alkanes of at least 4 members (excludes halogenated alkanes) is 7. The summed E-state index contributed by atoms with van der Waals surface area (Å²) in [5.74, 6) is 0.335. The predicted molar refractivity (Wildman–Crippen MR) is 80.8 cm³/mol. The maximum Gasteiger partial charge on any atom is 0.214 e. The molecule has 114 valence electrons. The van der Waals surface area contributed by atoms with Gasteiger partial charge in [-0.3, -0.25) is 0 Å². The van der Waals surface area contributed by atoms with Crippen LogP contribution >= 0.6 is 0 Å². The number of hydrogen-bond donors (Lipinski definition) is 1. The van der Waals surface area contributed by atoms with Gasteiger partial charge in [0.2, 0.25) is 10.0 Å². The standard InChI is InChI=1S/C14H30N2O2S/c1-2-3-4-5-6-7-8-9-14-19(17,18)16-12-10-15-11-13-16/h15H,2-14H2,1H3. The Morgan fingerprint density at radius 1 is 0.895 bits per heavy atom. The Bertz CT molecular complexity index is 311. The van der Waals surface area contributed by atoms with Gasteiger partial charge in [0.25, 0.3) is 0 Å². The molecule has 1 rings (SSSR count). The first-order chi connectivity index (χ1) is 9.17. The fourth-order valence-corrected chi connectivity index (χ4v) is 4.04. The van der Waals surface area contributed by atoms with Gasteiger partial charge in [-0.15, -0.1) is 0 Å². The Labute approximate surface area is 119 Å². The van der Waals surface area contributed by atoms with Crippen molar-refractivity contribution in [3.63, 3.8) is 0 Å². The second-order valence-electron chi connectivity index (χ2n) is 5.44. The molecular formula is C14H30N2O2S. The third-order valence-electron chi connectivity index (χ3n) is 3.73. The lowest BCUT2D eigenvalue weighted by atomic mass is 10.1. The second kappa shape index (κ2) is 9.72. The molecule has 1 heterocycles. The number of nitrogens with zero attached hydrogens (tertiary/aromatic N) is 1. The van der Waals surface area contributed by atoms with Crippen LogP contribution in [0.1, 0.15) is 58.3 Å². The lowest BCUT2D eigenvalue weighted by Crippen LogP contribution is -2.47. The number of hydrogen-bond acceptors (Lipinski definition) is 3. The van der Waals surface area contributed by atoms with E-state index in [0.717, 1.165) is 25.9 Å². The van der Waals surface area contributed by atoms with Gasteiger partial charge in [-0.1, -0.05) is 51.9 Å². The molecule has 0 amide bonds. The summed E-state index contributed by atoms with van der Waals surface area (Å²) in [6.07, 6.45) is 9.56. The minimum atomic E-state index is -2.99. The van der Waals surface area contributed by atoms with E-state index in [0.29, 0.717) is 18.8 Å². The molecule has 19 heavy (non-hydrogen) atoms. The van der Waals surface area contributed by atoms with Crippen molar-refractivity contribution >= 4 is 10.0 Å². The summed E-state index contributed by atoms with van der Waals surface area (Å²) in [4.78, 5) is 0. The summed E-state index contributed by atoms with van der Waals surface area (Å²) < 4.78 is 25.8. The molecule has 1 aliphatic heterocycles. The van der Waals surface area contributed by atoms with Gasteiger partial charge in [-0.25, -0.2) is 8.42 Å². The minimum absolute atomic E-state index is 0.335. The summed E-state index contributed by atoms with van der Waals surface area (Å²) in [6, 6.07) is 0. The van der Waals surface area contributed by atoms with Crippen molar-refractivity contribution < 1.29 is 8.42 Å². The van der Waals surface area contributed by atoms with Crippen molar-refractivity contribution in [2.24, 2.45) is 0 Å². The summed E-state index contributed by atoms with van der Waals surface area (Å²) in [5.41, 5.74) is 0. The fourth-order valence-electron chi connectivity index (χ4n) is 2.47. The van der Waals surface area contributed by atoms with Gasteiger partial charge in [0.1, 0.15) is 0 Å². The molecule has 0 unspecified atom stereocenters. The summed E-state index contributed by atoms with van der Waals surface area (Å²) in [5, 5.41) is 3.18. The van der Waals surface area contributed by atoms with Crippen LogP contribution in [-0.2, 0) is 10.0 Å². The summed E-state index contributed by atoms with van der Waals surface area (Å²) >= 11 is 0. The summed E-state index contributed by atoms with van der Waals surface area (Å²) in [7, 11) is -2.99. The quantitative estimate of drug-likeness (QED) is 0.628. The highest BCUT2D eigenvalue weighted by Crippen LogP contribution is 2.11. The summed E-state index contributed by atoms with van der Waals surface area (Å²) in [6.45, 7) is 5.08. The van der Waals surface area contributed by atoms with E-state index in [9.17, 15) is 8.42 Å². The maximum absolute atomic E-state index is 12.1. The molecular weight excluding hydrogens is 260 g/mol. The topological polar surface area (TPSA) is 49.4 Å². The molecule has 0 radical (unpaired) electrons. The zero-order chi connectivity index (χ0) is 14.0. The van der Waals surface area contributed by atoms with Crippen molar-refractivity contribution in [2.75, 3.05) is 31.9 Å². The molecule has 0 bridgehead atoms. The Hall–Kier alpha value is -0.130. The van der Waals surface area contributed by atoms with Crippen LogP contribution < -0.4 is 5.32 Å². The van der Waals surface area contributed by atoms with Gasteiger partial charge in [0.05, 0.1) is 5.75 Å². The van der Waals surface area contributed by atoms with Crippen LogP contribution in [0.15, 0.2) is 0 Å². The van der Waals surface area contributed by atoms with Crippen LogP contribution in [0.25, 0.3) is 0 Å². The molecule has 1 N–H and O–H groups in total. The monoisotopic (exact) mass is 290 g/mol. The molecule has 1 aliphatic rings. The van der Waals surface area contributed by atoms with E-state index < -0.39 is 10.0 Å². The Kier molecular flexibility index (Phi) is 8.66. The van der Waals surface area contributed by atoms with Crippen molar-refractivity contribution in [1.82, 2.24) is 9.62 Å². The first-order valence-electron chi connectivity index (χ1n) is 7.85. The average Bonchev–Trinajstić information content (AvgIpc) is 2.43. The maximum atomic E-state index is 12.1. The van der Waals surface area contributed by atoms with E-state index in [1.165, 1.54) is 38.5 Å². The number of rotatable bonds is 10. The van der Waals surface area contributed by atoms with E-state index in [-0.39, 0.29) is 0 Å². The van der Waals surface area contributed by atoms with Crippen LogP contribution in [0, 0.1) is 0 Å². The molecule has 0 aromatic rings. The fraction of sp³-hybridized carbons (Fsp3) is 1.00. The largest absolute Gasteiger partial charge is 0.314 e. The molecule has 1 fully saturated rings. The van der Waals surface area contributed by atoms with Crippen LogP contribution in [0.4, 0.5) is 0 Å². The van der Waals surface area contributed by atoms with Crippen LogP contribution in [0.5, 0.6) is 0 Å². The van der Waals surface area contributed by atoms with E-state index >= 15 is 0 Å². The average molecular weight is 290 g/mol. The van der Waals surface area contributed by atoms with Crippen LogP contribution in [0.2, 0.25) is 0 Å². The predicted octanol–water partition coefficient (Wildman–Crippen LogP) is 2.36. The van der Waals surface area contributed by atoms with Gasteiger partial charge >= 0.3 is 0 Å². The SMILES string of the molecule is CCCCCCCCCCS(=O)(=O)N1CCNCC1. The minimum Gasteiger partial charge on any atom is -0.314 e. The molecule has 1 saturated heterocycles. The van der Waals surface area contributed by atoms with Gasteiger partial charge in [0.15, 0.2) is 0 Å². The number of sulfonamides is 1. The first-order valence-corrected chi connectivity index (χ1v) is 9.46. The van der Waals surface area contributed by atoms with E-state index in [2.05, 4.69) is 12.2 Å². The molecule has 0 atom stereocenters. The van der Waals surface area contributed by atoms with Crippen molar-refractivity contribution in [3.8, 4) is 0 Å². The van der Waals surface area contributed by atoms with Gasteiger partial charge in [-0.05, 0) is 6.42 Å². The van der Waals surface area contributed by atoms with E-state index in [4.69, 9.17) is 0 Å². The highest BCUT2D eigenvalue weighted by Gasteiger charge is 2.22. The molecule has 5 heteroatoms. The zero-order valence-electron chi connectivity index (χ0n) is 12.4. The third kappa shape index (κ3) is 7.28. The smallest absolute Gasteiger partial charge is 0.214 e. The van der Waals surface area contributed by atoms with Crippen LogP contribution in [0.3, 0.4) is 0 Å². The Balaban J connectivity index is 2.04. The molecule has 0 aromatic carbocycles. The molecule has 0 spiro atoms. The Morgan fingerprint density at radius 3 is 2.00 bits per heavy atom. The van der Waals surface area contributed by atoms with Gasteiger partial charge < -0.3 is 5.32 Å². The molecule has 0 saturated carbocycles. The van der Waals surface area contributed by atoms with E-state index in [1.807, 2.05) is 0 Å². The van der Waals surface area contributed by atoms with Crippen LogP contribution in [-0.4, -0.2) is 44.7 Å². The van der Waals surface area contributed by atoms with Crippen molar-refractivity contribution in [2.45, 2.75) is 58.3 Å². The van der Waals surface area contributed by atoms with Gasteiger partial charge in [0, 0.05) is 26.2 Å². The molecule has 4 nitrogen and oxygen atoms in total. The first kappa shape index (κ1) is 16.9. The normalized spacial score (nSPS) is 17.7. The highest BCUT2D eigenvalue weighted by atomic mass is 32.2. The van der Waals surface area contributed by atoms with E-state index in [1.54, 1.807) is 4.31 Å². The molecule has 0 aliphatic carbocycles. The second-order valence-corrected chi connectivity index (χ2v) is 7.53. The third-order valence-corrected chi connectivity index (χ3v) is 5.68.